The summed E-state index contributed by atoms with van der Waals surface area (Å²) in [5.74, 6) is -1.39. The predicted octanol–water partition coefficient (Wildman–Crippen LogP) is 0.874. The van der Waals surface area contributed by atoms with Crippen LogP contribution in [0, 0.1) is 0 Å². The van der Waals surface area contributed by atoms with Crippen LogP contribution in [0.25, 0.3) is 10.9 Å². The topological polar surface area (TPSA) is 186 Å². The van der Waals surface area contributed by atoms with E-state index in [0.29, 0.717) is 22.3 Å². The minimum atomic E-state index is -1.45. The van der Waals surface area contributed by atoms with E-state index >= 15 is 0 Å². The summed E-state index contributed by atoms with van der Waals surface area (Å²) < 4.78 is 21.2. The summed E-state index contributed by atoms with van der Waals surface area (Å²) in [7, 11) is 2.51. The van der Waals surface area contributed by atoms with Gasteiger partial charge in [-0.2, -0.15) is 0 Å². The molecule has 2 aromatic carbocycles. The lowest BCUT2D eigenvalue weighted by atomic mass is 9.97. The van der Waals surface area contributed by atoms with Crippen molar-refractivity contribution in [3.05, 3.63) is 59.8 Å². The van der Waals surface area contributed by atoms with Crippen molar-refractivity contribution in [2.45, 2.75) is 37.6 Å². The third-order valence-electron chi connectivity index (χ3n) is 6.32. The van der Waals surface area contributed by atoms with Gasteiger partial charge in [0.1, 0.15) is 35.7 Å². The fraction of sp³-hybridized carbons (Fsp3) is 0.333. The number of nitrogens with one attached hydrogen (secondary N) is 2. The van der Waals surface area contributed by atoms with Crippen molar-refractivity contribution < 1.29 is 48.7 Å². The molecule has 0 bridgehead atoms. The smallest absolute Gasteiger partial charge is 0.341 e. The van der Waals surface area contributed by atoms with Gasteiger partial charge in [-0.3, -0.25) is 9.78 Å². The lowest BCUT2D eigenvalue weighted by molar-refractivity contribution is -0.244. The first-order valence-electron chi connectivity index (χ1n) is 12.2. The van der Waals surface area contributed by atoms with Crippen LogP contribution in [0.15, 0.2) is 48.7 Å². The molecule has 3 aromatic rings. The van der Waals surface area contributed by atoms with E-state index < -0.39 is 55.1 Å². The van der Waals surface area contributed by atoms with Gasteiger partial charge in [0.25, 0.3) is 0 Å². The summed E-state index contributed by atoms with van der Waals surface area (Å²) in [4.78, 5) is 40.6. The molecule has 1 fully saturated rings. The van der Waals surface area contributed by atoms with Gasteiger partial charge in [-0.1, -0.05) is 0 Å². The summed E-state index contributed by atoms with van der Waals surface area (Å²) in [6, 6.07) is 10.1. The lowest BCUT2D eigenvalue weighted by Crippen LogP contribution is -2.65. The first-order valence-corrected chi connectivity index (χ1v) is 12.2. The number of esters is 2. The third kappa shape index (κ3) is 5.97. The maximum absolute atomic E-state index is 12.5. The van der Waals surface area contributed by atoms with Gasteiger partial charge in [0.05, 0.1) is 37.6 Å². The average Bonchev–Trinajstić information content (AvgIpc) is 2.96. The zero-order valence-electron chi connectivity index (χ0n) is 21.9. The molecule has 212 valence electrons. The Morgan fingerprint density at radius 2 is 1.70 bits per heavy atom. The number of ether oxygens (including phenoxy) is 4. The Morgan fingerprint density at radius 3 is 2.33 bits per heavy atom. The highest BCUT2D eigenvalue weighted by Gasteiger charge is 2.46. The molecule has 0 spiro atoms. The zero-order chi connectivity index (χ0) is 29.0. The maximum Gasteiger partial charge on any atom is 0.341 e. The number of fused-ring (bicyclic) bond motifs is 1. The van der Waals surface area contributed by atoms with Crippen molar-refractivity contribution in [2.75, 3.05) is 26.1 Å². The third-order valence-corrected chi connectivity index (χ3v) is 6.32. The van der Waals surface area contributed by atoms with Gasteiger partial charge in [-0.25, -0.2) is 9.59 Å². The number of hydrogen-bond donors (Lipinski definition) is 5. The predicted molar refractivity (Wildman–Crippen MR) is 140 cm³/mol. The van der Waals surface area contributed by atoms with Crippen molar-refractivity contribution in [3.8, 4) is 5.75 Å². The van der Waals surface area contributed by atoms with Crippen molar-refractivity contribution >= 4 is 40.1 Å². The number of aliphatic hydroxyl groups excluding tert-OH is 3. The summed E-state index contributed by atoms with van der Waals surface area (Å²) in [5, 5.41) is 36.3. The fourth-order valence-corrected chi connectivity index (χ4v) is 4.30. The minimum absolute atomic E-state index is 0.133. The van der Waals surface area contributed by atoms with Crippen LogP contribution in [0.3, 0.4) is 0 Å². The molecular formula is C27H29N3O10. The summed E-state index contributed by atoms with van der Waals surface area (Å²) in [6.45, 7) is 0.669. The number of benzene rings is 2. The largest absolute Gasteiger partial charge is 0.465 e. The van der Waals surface area contributed by atoms with Crippen LogP contribution in [0.2, 0.25) is 0 Å². The zero-order valence-corrected chi connectivity index (χ0v) is 21.9. The highest BCUT2D eigenvalue weighted by atomic mass is 16.7. The van der Waals surface area contributed by atoms with Crippen LogP contribution in [0.4, 0.5) is 11.4 Å². The summed E-state index contributed by atoms with van der Waals surface area (Å²) >= 11 is 0. The number of nitrogens with zero attached hydrogens (tertiary/aromatic N) is 1. The molecule has 40 heavy (non-hydrogen) atoms. The molecule has 4 rings (SSSR count). The molecule has 0 saturated carbocycles. The molecule has 1 aromatic heterocycles. The molecule has 5 atom stereocenters. The van der Waals surface area contributed by atoms with E-state index in [9.17, 15) is 29.7 Å². The number of carbonyl (C=O) groups excluding carboxylic acids is 3. The molecule has 0 radical (unpaired) electrons. The lowest BCUT2D eigenvalue weighted by Gasteiger charge is -2.42. The molecule has 5 N–H and O–H groups in total. The molecule has 0 unspecified atom stereocenters. The fourth-order valence-electron chi connectivity index (χ4n) is 4.30. The number of hydrogen-bond acceptors (Lipinski definition) is 12. The molecule has 1 aliphatic heterocycles. The monoisotopic (exact) mass is 555 g/mol. The van der Waals surface area contributed by atoms with Gasteiger partial charge in [0.2, 0.25) is 12.2 Å². The minimum Gasteiger partial charge on any atom is -0.465 e. The Kier molecular flexibility index (Phi) is 8.80. The summed E-state index contributed by atoms with van der Waals surface area (Å²) in [5.41, 5.74) is 1.79. The van der Waals surface area contributed by atoms with E-state index in [1.165, 1.54) is 27.3 Å². The second-order valence-corrected chi connectivity index (χ2v) is 8.96. The molecule has 2 heterocycles. The van der Waals surface area contributed by atoms with E-state index in [1.54, 1.807) is 42.5 Å². The highest BCUT2D eigenvalue weighted by molar-refractivity contribution is 6.07. The molecule has 1 aliphatic rings. The number of amides is 1. The van der Waals surface area contributed by atoms with Crippen LogP contribution in [0.1, 0.15) is 27.6 Å². The first-order chi connectivity index (χ1) is 19.2. The molecule has 0 aliphatic carbocycles. The standard InChI is InChI=1S/C27H29N3O10/c1-13(32)29-22-24(34)23(33)20(12-31)40-27(22)39-16-7-5-15(6-8-16)30-21-17-10-14(25(35)37-2)4-9-19(17)28-11-18(21)26(36)38-3/h4-11,20,22-24,27,31,33-34H,12H2,1-3H3,(H,28,30)(H,29,32)/t20-,22+,23+,24-,27-/m0/s1. The molecule has 1 amide bonds. The van der Waals surface area contributed by atoms with Crippen LogP contribution in [-0.4, -0.2) is 89.6 Å². The quantitative estimate of drug-likeness (QED) is 0.247. The van der Waals surface area contributed by atoms with Gasteiger partial charge in [-0.15, -0.1) is 0 Å². The van der Waals surface area contributed by atoms with E-state index in [2.05, 4.69) is 15.6 Å². The Labute approximate surface area is 228 Å². The van der Waals surface area contributed by atoms with Crippen molar-refractivity contribution in [1.29, 1.82) is 0 Å². The van der Waals surface area contributed by atoms with E-state index in [-0.39, 0.29) is 16.9 Å². The van der Waals surface area contributed by atoms with E-state index in [4.69, 9.17) is 18.9 Å². The maximum atomic E-state index is 12.5. The van der Waals surface area contributed by atoms with Crippen molar-refractivity contribution in [1.82, 2.24) is 10.3 Å². The second-order valence-electron chi connectivity index (χ2n) is 8.96. The number of pyridine rings is 1. The Hall–Kier alpha value is -4.30. The average molecular weight is 556 g/mol. The summed E-state index contributed by atoms with van der Waals surface area (Å²) in [6.07, 6.45) is -3.87. The van der Waals surface area contributed by atoms with Crippen LogP contribution in [0.5, 0.6) is 5.75 Å². The highest BCUT2D eigenvalue weighted by Crippen LogP contribution is 2.32. The Morgan fingerprint density at radius 1 is 1.00 bits per heavy atom. The van der Waals surface area contributed by atoms with Crippen LogP contribution >= 0.6 is 0 Å². The van der Waals surface area contributed by atoms with Crippen LogP contribution in [-0.2, 0) is 19.0 Å². The Bertz CT molecular complexity index is 1390. The van der Waals surface area contributed by atoms with Gasteiger partial charge in [0.15, 0.2) is 0 Å². The second kappa shape index (κ2) is 12.3. The van der Waals surface area contributed by atoms with Crippen molar-refractivity contribution in [3.63, 3.8) is 0 Å². The van der Waals surface area contributed by atoms with Gasteiger partial charge in [-0.05, 0) is 42.5 Å². The first kappa shape index (κ1) is 28.7. The number of rotatable bonds is 8. The number of methoxy groups -OCH3 is 2. The molecule has 1 saturated heterocycles. The van der Waals surface area contributed by atoms with E-state index in [1.807, 2.05) is 0 Å². The number of aromatic nitrogens is 1. The van der Waals surface area contributed by atoms with E-state index in [0.717, 1.165) is 0 Å². The van der Waals surface area contributed by atoms with Crippen LogP contribution < -0.4 is 15.4 Å². The van der Waals surface area contributed by atoms with Gasteiger partial charge in [0, 0.05) is 24.2 Å². The number of carbonyl (C=O) groups is 3. The molecular weight excluding hydrogens is 526 g/mol. The Balaban J connectivity index is 1.63. The van der Waals surface area contributed by atoms with Gasteiger partial charge < -0.3 is 44.9 Å². The number of aliphatic hydroxyl groups is 3. The molecule has 13 nitrogen and oxygen atoms in total. The SMILES string of the molecule is COC(=O)c1ccc2ncc(C(=O)OC)c(Nc3ccc(O[C@H]4O[C@@H](CO)[C@@H](O)[C@@H](O)[C@H]4NC(C)=O)cc3)c2c1. The molecule has 13 heteroatoms. The number of anilines is 2. The normalized spacial score (nSPS) is 22.3. The van der Waals surface area contributed by atoms with Crippen molar-refractivity contribution in [2.24, 2.45) is 0 Å². The van der Waals surface area contributed by atoms with Gasteiger partial charge >= 0.3 is 11.9 Å².